The molecule has 88 valence electrons. The lowest BCUT2D eigenvalue weighted by Crippen LogP contribution is -2.48. The minimum atomic E-state index is 0.0857. The van der Waals surface area contributed by atoms with E-state index in [2.05, 4.69) is 17.1 Å². The van der Waals surface area contributed by atoms with E-state index in [4.69, 9.17) is 5.73 Å². The average Bonchev–Trinajstić information content (AvgIpc) is 2.63. The minimum absolute atomic E-state index is 0.0857. The van der Waals surface area contributed by atoms with Crippen molar-refractivity contribution in [1.29, 1.82) is 0 Å². The second-order valence-corrected chi connectivity index (χ2v) is 4.31. The number of carbonyl (C=O) groups excluding carboxylic acids is 1. The lowest BCUT2D eigenvalue weighted by atomic mass is 10.1. The first kappa shape index (κ1) is 12.5. The quantitative estimate of drug-likeness (QED) is 0.691. The molecule has 0 saturated heterocycles. The molecule has 0 bridgehead atoms. The molecule has 0 aromatic carbocycles. The first-order valence-corrected chi connectivity index (χ1v) is 5.89. The Hall–Kier alpha value is -0.610. The third-order valence-electron chi connectivity index (χ3n) is 3.14. The van der Waals surface area contributed by atoms with Crippen LogP contribution in [0.25, 0.3) is 0 Å². The van der Waals surface area contributed by atoms with Crippen molar-refractivity contribution in [1.82, 2.24) is 10.2 Å². The maximum atomic E-state index is 11.4. The number of nitrogens with two attached hydrogens (primary N) is 1. The van der Waals surface area contributed by atoms with Gasteiger partial charge in [-0.25, -0.2) is 0 Å². The molecule has 0 spiro atoms. The second kappa shape index (κ2) is 6.08. The van der Waals surface area contributed by atoms with Gasteiger partial charge in [-0.2, -0.15) is 0 Å². The Morgan fingerprint density at radius 1 is 1.53 bits per heavy atom. The highest BCUT2D eigenvalue weighted by Crippen LogP contribution is 2.22. The highest BCUT2D eigenvalue weighted by Gasteiger charge is 2.29. The Morgan fingerprint density at radius 2 is 2.27 bits per heavy atom. The number of amides is 1. The summed E-state index contributed by atoms with van der Waals surface area (Å²) in [6.07, 6.45) is 4.50. The van der Waals surface area contributed by atoms with Crippen LogP contribution in [0.15, 0.2) is 0 Å². The van der Waals surface area contributed by atoms with E-state index >= 15 is 0 Å². The molecule has 15 heavy (non-hydrogen) atoms. The third-order valence-corrected chi connectivity index (χ3v) is 3.14. The van der Waals surface area contributed by atoms with E-state index in [9.17, 15) is 4.79 Å². The largest absolute Gasteiger partial charge is 0.358 e. The zero-order valence-corrected chi connectivity index (χ0v) is 9.83. The van der Waals surface area contributed by atoms with E-state index in [0.717, 1.165) is 25.8 Å². The van der Waals surface area contributed by atoms with Crippen LogP contribution in [0.5, 0.6) is 0 Å². The summed E-state index contributed by atoms with van der Waals surface area (Å²) in [4.78, 5) is 13.6. The van der Waals surface area contributed by atoms with E-state index in [1.807, 2.05) is 0 Å². The third kappa shape index (κ3) is 3.47. The summed E-state index contributed by atoms with van der Waals surface area (Å²) < 4.78 is 0. The van der Waals surface area contributed by atoms with Gasteiger partial charge in [0, 0.05) is 19.1 Å². The standard InChI is InChI=1S/C11H23N3O/c1-3-7-14(8-11(15)13-2)10-6-4-5-9(10)12/h9-10H,3-8,12H2,1-2H3,(H,13,15). The fourth-order valence-electron chi connectivity index (χ4n) is 2.34. The van der Waals surface area contributed by atoms with Crippen LogP contribution in [0.2, 0.25) is 0 Å². The number of likely N-dealkylation sites (N-methyl/N-ethyl adjacent to an activating group) is 1. The Balaban J connectivity index is 2.52. The number of hydrogen-bond donors (Lipinski definition) is 2. The van der Waals surface area contributed by atoms with E-state index in [0.29, 0.717) is 12.6 Å². The van der Waals surface area contributed by atoms with Gasteiger partial charge in [-0.1, -0.05) is 13.3 Å². The first-order chi connectivity index (χ1) is 7.19. The lowest BCUT2D eigenvalue weighted by Gasteiger charge is -2.30. The second-order valence-electron chi connectivity index (χ2n) is 4.31. The molecule has 2 atom stereocenters. The van der Waals surface area contributed by atoms with E-state index in [-0.39, 0.29) is 11.9 Å². The van der Waals surface area contributed by atoms with Crippen LogP contribution < -0.4 is 11.1 Å². The van der Waals surface area contributed by atoms with Crippen molar-refractivity contribution < 1.29 is 4.79 Å². The van der Waals surface area contributed by atoms with Gasteiger partial charge in [0.25, 0.3) is 0 Å². The Kier molecular flexibility index (Phi) is 5.05. The smallest absolute Gasteiger partial charge is 0.233 e. The first-order valence-electron chi connectivity index (χ1n) is 5.89. The molecule has 0 aromatic heterocycles. The van der Waals surface area contributed by atoms with E-state index in [1.165, 1.54) is 6.42 Å². The summed E-state index contributed by atoms with van der Waals surface area (Å²) in [7, 11) is 1.68. The van der Waals surface area contributed by atoms with Gasteiger partial charge in [0.2, 0.25) is 5.91 Å². The van der Waals surface area contributed by atoms with Gasteiger partial charge >= 0.3 is 0 Å². The molecule has 4 heteroatoms. The van der Waals surface area contributed by atoms with E-state index in [1.54, 1.807) is 7.05 Å². The fourth-order valence-corrected chi connectivity index (χ4v) is 2.34. The molecule has 0 radical (unpaired) electrons. The van der Waals surface area contributed by atoms with Gasteiger partial charge in [0.15, 0.2) is 0 Å². The Morgan fingerprint density at radius 3 is 2.73 bits per heavy atom. The van der Waals surface area contributed by atoms with Gasteiger partial charge < -0.3 is 11.1 Å². The molecule has 1 rings (SSSR count). The molecule has 1 fully saturated rings. The predicted molar refractivity (Wildman–Crippen MR) is 61.5 cm³/mol. The average molecular weight is 213 g/mol. The van der Waals surface area contributed by atoms with Gasteiger partial charge in [0.1, 0.15) is 0 Å². The van der Waals surface area contributed by atoms with Crippen molar-refractivity contribution in [2.45, 2.75) is 44.7 Å². The molecule has 2 unspecified atom stereocenters. The topological polar surface area (TPSA) is 58.4 Å². The molecule has 4 nitrogen and oxygen atoms in total. The highest BCUT2D eigenvalue weighted by atomic mass is 16.1. The lowest BCUT2D eigenvalue weighted by molar-refractivity contribution is -0.122. The summed E-state index contributed by atoms with van der Waals surface area (Å²) in [5.41, 5.74) is 6.05. The van der Waals surface area contributed by atoms with Crippen LogP contribution in [0.3, 0.4) is 0 Å². The summed E-state index contributed by atoms with van der Waals surface area (Å²) in [6, 6.07) is 0.656. The van der Waals surface area contributed by atoms with Crippen LogP contribution in [-0.4, -0.2) is 43.0 Å². The van der Waals surface area contributed by atoms with E-state index < -0.39 is 0 Å². The molecule has 1 amide bonds. The van der Waals surface area contributed by atoms with Gasteiger partial charge in [0.05, 0.1) is 6.54 Å². The van der Waals surface area contributed by atoms with Crippen molar-refractivity contribution in [2.75, 3.05) is 20.1 Å². The molecule has 0 aromatic rings. The molecule has 1 saturated carbocycles. The van der Waals surface area contributed by atoms with Gasteiger partial charge in [-0.3, -0.25) is 9.69 Å². The van der Waals surface area contributed by atoms with Crippen molar-refractivity contribution in [3.63, 3.8) is 0 Å². The number of hydrogen-bond acceptors (Lipinski definition) is 3. The zero-order valence-electron chi connectivity index (χ0n) is 9.83. The van der Waals surface area contributed by atoms with Crippen LogP contribution >= 0.6 is 0 Å². The van der Waals surface area contributed by atoms with Crippen LogP contribution in [-0.2, 0) is 4.79 Å². The molecular formula is C11H23N3O. The van der Waals surface area contributed by atoms with Crippen LogP contribution in [0, 0.1) is 0 Å². The Labute approximate surface area is 92.2 Å². The minimum Gasteiger partial charge on any atom is -0.358 e. The Bertz CT molecular complexity index is 208. The number of rotatable bonds is 5. The summed E-state index contributed by atoms with van der Waals surface area (Å²) in [5, 5.41) is 2.67. The monoisotopic (exact) mass is 213 g/mol. The number of nitrogens with one attached hydrogen (secondary N) is 1. The molecule has 1 aliphatic rings. The number of carbonyl (C=O) groups is 1. The summed E-state index contributed by atoms with van der Waals surface area (Å²) in [6.45, 7) is 3.59. The van der Waals surface area contributed by atoms with Crippen molar-refractivity contribution in [3.8, 4) is 0 Å². The van der Waals surface area contributed by atoms with Gasteiger partial charge in [-0.15, -0.1) is 0 Å². The summed E-state index contributed by atoms with van der Waals surface area (Å²) in [5.74, 6) is 0.0857. The maximum absolute atomic E-state index is 11.4. The van der Waals surface area contributed by atoms with Crippen LogP contribution in [0.1, 0.15) is 32.6 Å². The maximum Gasteiger partial charge on any atom is 0.233 e. The molecule has 1 aliphatic carbocycles. The van der Waals surface area contributed by atoms with Crippen molar-refractivity contribution >= 4 is 5.91 Å². The van der Waals surface area contributed by atoms with Crippen molar-refractivity contribution in [2.24, 2.45) is 5.73 Å². The van der Waals surface area contributed by atoms with Gasteiger partial charge in [-0.05, 0) is 25.8 Å². The molecule has 0 heterocycles. The van der Waals surface area contributed by atoms with Crippen molar-refractivity contribution in [3.05, 3.63) is 0 Å². The van der Waals surface area contributed by atoms with Crippen LogP contribution in [0.4, 0.5) is 0 Å². The predicted octanol–water partition coefficient (Wildman–Crippen LogP) is 0.324. The highest BCUT2D eigenvalue weighted by molar-refractivity contribution is 5.77. The normalized spacial score (nSPS) is 25.9. The molecule has 3 N–H and O–H groups in total. The molecular weight excluding hydrogens is 190 g/mol. The zero-order chi connectivity index (χ0) is 11.3. The number of nitrogens with zero attached hydrogens (tertiary/aromatic N) is 1. The molecule has 0 aliphatic heterocycles. The SMILES string of the molecule is CCCN(CC(=O)NC)C1CCCC1N. The summed E-state index contributed by atoms with van der Waals surface area (Å²) >= 11 is 0. The fraction of sp³-hybridized carbons (Fsp3) is 0.909.